The van der Waals surface area contributed by atoms with Crippen LogP contribution in [0, 0.1) is 6.92 Å². The van der Waals surface area contributed by atoms with Crippen molar-refractivity contribution in [3.63, 3.8) is 0 Å². The number of piperazine rings is 1. The quantitative estimate of drug-likeness (QED) is 0.286. The van der Waals surface area contributed by atoms with E-state index in [4.69, 9.17) is 19.7 Å². The predicted octanol–water partition coefficient (Wildman–Crippen LogP) is 6.87. The first-order valence-corrected chi connectivity index (χ1v) is 14.2. The molecule has 0 bridgehead atoms. The van der Waals surface area contributed by atoms with Gasteiger partial charge in [-0.15, -0.1) is 0 Å². The average molecular weight is 542 g/mol. The van der Waals surface area contributed by atoms with Crippen LogP contribution in [0.3, 0.4) is 0 Å². The standard InChI is InChI=1S/C32H43N7O/c1-21(2)38-20-33-28-27(38)29(34-26-18-23(31(4,5)6)11-10-22(26)3)36-30(35-28)37-16-17-39(32(7,8)19-37)24-12-14-25(40-9)15-13-24/h10-15,18,20-21H,16-17,19H2,1-9H3,(H,34,35,36). The number of hydrogen-bond acceptors (Lipinski definition) is 7. The maximum Gasteiger partial charge on any atom is 0.229 e. The number of rotatable bonds is 6. The lowest BCUT2D eigenvalue weighted by molar-refractivity contribution is 0.408. The number of fused-ring (bicyclic) bond motifs is 1. The molecule has 2 aromatic heterocycles. The first-order chi connectivity index (χ1) is 18.9. The normalized spacial score (nSPS) is 15.7. The minimum absolute atomic E-state index is 0.0468. The van der Waals surface area contributed by atoms with Gasteiger partial charge in [-0.25, -0.2) is 4.98 Å². The van der Waals surface area contributed by atoms with Crippen molar-refractivity contribution in [2.75, 3.05) is 41.9 Å². The van der Waals surface area contributed by atoms with Gasteiger partial charge < -0.3 is 24.4 Å². The zero-order chi connectivity index (χ0) is 28.8. The van der Waals surface area contributed by atoms with Gasteiger partial charge in [-0.1, -0.05) is 32.9 Å². The van der Waals surface area contributed by atoms with E-state index in [0.717, 1.165) is 42.4 Å². The molecule has 212 valence electrons. The topological polar surface area (TPSA) is 71.3 Å². The maximum atomic E-state index is 5.36. The number of hydrogen-bond donors (Lipinski definition) is 1. The largest absolute Gasteiger partial charge is 0.497 e. The molecule has 0 radical (unpaired) electrons. The van der Waals surface area contributed by atoms with E-state index in [1.165, 1.54) is 16.8 Å². The summed E-state index contributed by atoms with van der Waals surface area (Å²) in [6, 6.07) is 15.2. The SMILES string of the molecule is COc1ccc(N2CCN(c3nc(Nc4cc(C(C)(C)C)ccc4C)c4c(ncn4C(C)C)n3)CC2(C)C)cc1. The maximum absolute atomic E-state index is 5.36. The second-order valence-corrected chi connectivity index (χ2v) is 12.8. The Hall–Kier alpha value is -3.81. The molecule has 40 heavy (non-hydrogen) atoms. The molecule has 5 rings (SSSR count). The molecule has 4 aromatic rings. The second kappa shape index (κ2) is 10.3. The average Bonchev–Trinajstić information content (AvgIpc) is 3.34. The third kappa shape index (κ3) is 5.31. The molecule has 1 fully saturated rings. The third-order valence-corrected chi connectivity index (χ3v) is 7.90. The molecule has 1 aliphatic heterocycles. The van der Waals surface area contributed by atoms with Gasteiger partial charge in [-0.05, 0) is 81.5 Å². The van der Waals surface area contributed by atoms with Gasteiger partial charge in [0.05, 0.1) is 19.0 Å². The lowest BCUT2D eigenvalue weighted by Crippen LogP contribution is -2.60. The number of nitrogens with one attached hydrogen (secondary N) is 1. The first kappa shape index (κ1) is 27.7. The van der Waals surface area contributed by atoms with Crippen LogP contribution in [0.4, 0.5) is 23.1 Å². The van der Waals surface area contributed by atoms with Crippen molar-refractivity contribution in [2.45, 2.75) is 72.4 Å². The molecule has 0 amide bonds. The second-order valence-electron chi connectivity index (χ2n) is 12.8. The van der Waals surface area contributed by atoms with Crippen LogP contribution in [-0.4, -0.2) is 51.8 Å². The Morgan fingerprint density at radius 2 is 1.73 bits per heavy atom. The zero-order valence-corrected chi connectivity index (χ0v) is 25.4. The summed E-state index contributed by atoms with van der Waals surface area (Å²) >= 11 is 0. The van der Waals surface area contributed by atoms with Crippen LogP contribution in [0.25, 0.3) is 11.2 Å². The van der Waals surface area contributed by atoms with Gasteiger partial charge in [0.1, 0.15) is 11.3 Å². The smallest absolute Gasteiger partial charge is 0.229 e. The van der Waals surface area contributed by atoms with Crippen molar-refractivity contribution in [3.8, 4) is 5.75 Å². The molecule has 0 unspecified atom stereocenters. The summed E-state index contributed by atoms with van der Waals surface area (Å²) in [7, 11) is 1.70. The Morgan fingerprint density at radius 1 is 1.00 bits per heavy atom. The monoisotopic (exact) mass is 541 g/mol. The fraction of sp³-hybridized carbons (Fsp3) is 0.469. The number of imidazole rings is 1. The van der Waals surface area contributed by atoms with Gasteiger partial charge in [-0.3, -0.25) is 0 Å². The van der Waals surface area contributed by atoms with Crippen LogP contribution < -0.4 is 19.9 Å². The van der Waals surface area contributed by atoms with E-state index in [2.05, 4.69) is 105 Å². The highest BCUT2D eigenvalue weighted by Gasteiger charge is 2.35. The highest BCUT2D eigenvalue weighted by Crippen LogP contribution is 2.34. The number of aryl methyl sites for hydroxylation is 1. The summed E-state index contributed by atoms with van der Waals surface area (Å²) in [5, 5.41) is 3.69. The lowest BCUT2D eigenvalue weighted by atomic mass is 9.86. The molecule has 0 aliphatic carbocycles. The Bertz CT molecular complexity index is 1500. The van der Waals surface area contributed by atoms with Crippen molar-refractivity contribution in [2.24, 2.45) is 0 Å². The van der Waals surface area contributed by atoms with E-state index in [9.17, 15) is 0 Å². The van der Waals surface area contributed by atoms with E-state index in [0.29, 0.717) is 11.6 Å². The number of aromatic nitrogens is 4. The summed E-state index contributed by atoms with van der Waals surface area (Å²) in [5.41, 5.74) is 6.25. The van der Waals surface area contributed by atoms with Crippen molar-refractivity contribution >= 4 is 34.3 Å². The van der Waals surface area contributed by atoms with Crippen LogP contribution in [0.2, 0.25) is 0 Å². The van der Waals surface area contributed by atoms with E-state index < -0.39 is 0 Å². The minimum Gasteiger partial charge on any atom is -0.497 e. The Kier molecular flexibility index (Phi) is 7.15. The van der Waals surface area contributed by atoms with E-state index in [1.54, 1.807) is 7.11 Å². The lowest BCUT2D eigenvalue weighted by Gasteiger charge is -2.48. The Morgan fingerprint density at radius 3 is 2.35 bits per heavy atom. The number of ether oxygens (including phenoxy) is 1. The molecule has 1 aliphatic rings. The molecule has 1 N–H and O–H groups in total. The Balaban J connectivity index is 1.51. The summed E-state index contributed by atoms with van der Waals surface area (Å²) in [6.45, 7) is 20.2. The molecule has 8 nitrogen and oxygen atoms in total. The summed E-state index contributed by atoms with van der Waals surface area (Å²) in [6.07, 6.45) is 1.88. The molecule has 3 heterocycles. The van der Waals surface area contributed by atoms with E-state index in [1.807, 2.05) is 18.5 Å². The number of methoxy groups -OCH3 is 1. The van der Waals surface area contributed by atoms with Crippen molar-refractivity contribution in [3.05, 3.63) is 59.9 Å². The highest BCUT2D eigenvalue weighted by molar-refractivity contribution is 5.87. The van der Waals surface area contributed by atoms with E-state index in [-0.39, 0.29) is 17.0 Å². The van der Waals surface area contributed by atoms with Gasteiger partial charge in [0.2, 0.25) is 5.95 Å². The van der Waals surface area contributed by atoms with Gasteiger partial charge >= 0.3 is 0 Å². The summed E-state index contributed by atoms with van der Waals surface area (Å²) in [4.78, 5) is 19.6. The first-order valence-electron chi connectivity index (χ1n) is 14.2. The summed E-state index contributed by atoms with van der Waals surface area (Å²) in [5.74, 6) is 2.36. The van der Waals surface area contributed by atoms with Crippen LogP contribution in [0.5, 0.6) is 5.75 Å². The van der Waals surface area contributed by atoms with Crippen LogP contribution in [0.15, 0.2) is 48.8 Å². The van der Waals surface area contributed by atoms with Crippen LogP contribution in [-0.2, 0) is 5.41 Å². The van der Waals surface area contributed by atoms with Gasteiger partial charge in [0, 0.05) is 37.1 Å². The van der Waals surface area contributed by atoms with Crippen molar-refractivity contribution < 1.29 is 4.74 Å². The number of anilines is 4. The molecule has 1 saturated heterocycles. The van der Waals surface area contributed by atoms with Gasteiger partial charge in [0.25, 0.3) is 0 Å². The van der Waals surface area contributed by atoms with Crippen LogP contribution >= 0.6 is 0 Å². The fourth-order valence-electron chi connectivity index (χ4n) is 5.47. The third-order valence-electron chi connectivity index (χ3n) is 7.90. The van der Waals surface area contributed by atoms with E-state index >= 15 is 0 Å². The zero-order valence-electron chi connectivity index (χ0n) is 25.4. The molecule has 2 aromatic carbocycles. The molecule has 0 spiro atoms. The van der Waals surface area contributed by atoms with Gasteiger partial charge in [0.15, 0.2) is 11.5 Å². The highest BCUT2D eigenvalue weighted by atomic mass is 16.5. The molecule has 0 saturated carbocycles. The van der Waals surface area contributed by atoms with Crippen molar-refractivity contribution in [1.29, 1.82) is 0 Å². The van der Waals surface area contributed by atoms with Crippen molar-refractivity contribution in [1.82, 2.24) is 19.5 Å². The molecule has 0 atom stereocenters. The molecular weight excluding hydrogens is 498 g/mol. The summed E-state index contributed by atoms with van der Waals surface area (Å²) < 4.78 is 7.51. The minimum atomic E-state index is -0.131. The van der Waals surface area contributed by atoms with Crippen LogP contribution in [0.1, 0.15) is 65.6 Å². The fourth-order valence-corrected chi connectivity index (χ4v) is 5.47. The number of benzene rings is 2. The Labute approximate surface area is 238 Å². The number of nitrogens with zero attached hydrogens (tertiary/aromatic N) is 6. The van der Waals surface area contributed by atoms with Gasteiger partial charge in [-0.2, -0.15) is 9.97 Å². The molecular formula is C32H43N7O. The predicted molar refractivity (Wildman–Crippen MR) is 166 cm³/mol. The molecule has 8 heteroatoms.